The van der Waals surface area contributed by atoms with Gasteiger partial charge in [-0.05, 0) is 18.1 Å². The number of hydrogen-bond acceptors (Lipinski definition) is 8. The molecule has 0 aromatic carbocycles. The lowest BCUT2D eigenvalue weighted by Crippen LogP contribution is -2.60. The van der Waals surface area contributed by atoms with Crippen molar-refractivity contribution in [3.63, 3.8) is 0 Å². The van der Waals surface area contributed by atoms with Crippen LogP contribution in [0.15, 0.2) is 18.3 Å². The van der Waals surface area contributed by atoms with Gasteiger partial charge in [0.05, 0.1) is 12.1 Å². The van der Waals surface area contributed by atoms with E-state index < -0.39 is 29.9 Å². The number of amidine groups is 1. The molecule has 2 unspecified atom stereocenters. The first kappa shape index (κ1) is 17.9. The minimum Gasteiger partial charge on any atom is -0.479 e. The van der Waals surface area contributed by atoms with Crippen molar-refractivity contribution in [1.82, 2.24) is 10.5 Å². The molecule has 2 rings (SSSR count). The van der Waals surface area contributed by atoms with Gasteiger partial charge >= 0.3 is 5.97 Å². The van der Waals surface area contributed by atoms with Crippen LogP contribution in [0.25, 0.3) is 0 Å². The zero-order valence-corrected chi connectivity index (χ0v) is 12.9. The smallest absolute Gasteiger partial charge is 0.332 e. The summed E-state index contributed by atoms with van der Waals surface area (Å²) < 4.78 is 0. The van der Waals surface area contributed by atoms with Gasteiger partial charge in [0.15, 0.2) is 11.3 Å². The second kappa shape index (κ2) is 7.01. The van der Waals surface area contributed by atoms with Crippen LogP contribution in [0.2, 0.25) is 0 Å². The summed E-state index contributed by atoms with van der Waals surface area (Å²) in [6.45, 7) is -0.485. The van der Waals surface area contributed by atoms with Gasteiger partial charge in [-0.3, -0.25) is 20.0 Å². The lowest BCUT2D eigenvalue weighted by Gasteiger charge is -2.22. The molecule has 9 N–H and O–H groups in total. The number of nitrogen functional groups attached to an aromatic ring is 1. The fraction of sp³-hybridized carbons (Fsp3) is 0.429. The van der Waals surface area contributed by atoms with Crippen molar-refractivity contribution < 1.29 is 19.5 Å². The van der Waals surface area contributed by atoms with E-state index >= 15 is 0 Å². The first-order chi connectivity index (χ1) is 11.3. The van der Waals surface area contributed by atoms with Crippen LogP contribution in [0.1, 0.15) is 30.1 Å². The Bertz CT molecular complexity index is 649. The number of Topliss-reactive ketones (excluding diaryl/α,β-unsaturated/α-hetero) is 1. The molecule has 0 bridgehead atoms. The molecule has 130 valence electrons. The number of nitrogens with zero attached hydrogens (tertiary/aromatic N) is 1. The standard InChI is InChI=1S/C14H20N6O4/c15-6-14(18,13(22)23)11(21)4-8-3-10(20-24-8)7-1-2-9(12(16)17)19-5-7/h1-2,5,8,10,20H,3-4,6,15,18H2,(H3,16,17)(H,22,23)/t8-,10?,14?/m0/s1. The number of hydroxylamine groups is 1. The van der Waals surface area contributed by atoms with E-state index in [0.717, 1.165) is 5.56 Å². The summed E-state index contributed by atoms with van der Waals surface area (Å²) in [5, 5.41) is 16.4. The quantitative estimate of drug-likeness (QED) is 0.193. The number of aromatic nitrogens is 1. The highest BCUT2D eigenvalue weighted by Crippen LogP contribution is 2.27. The number of rotatable bonds is 7. The molecule has 0 aliphatic carbocycles. The molecule has 0 saturated carbocycles. The predicted molar refractivity (Wildman–Crippen MR) is 83.9 cm³/mol. The molecule has 1 fully saturated rings. The van der Waals surface area contributed by atoms with E-state index in [1.807, 2.05) is 0 Å². The van der Waals surface area contributed by atoms with Gasteiger partial charge in [0.1, 0.15) is 11.5 Å². The number of carboxylic acids is 1. The highest BCUT2D eigenvalue weighted by atomic mass is 16.7. The molecule has 24 heavy (non-hydrogen) atoms. The summed E-state index contributed by atoms with van der Waals surface area (Å²) in [5.74, 6) is -2.27. The molecule has 0 radical (unpaired) electrons. The van der Waals surface area contributed by atoms with Gasteiger partial charge in [0.2, 0.25) is 0 Å². The molecule has 1 aromatic heterocycles. The Balaban J connectivity index is 1.99. The zero-order chi connectivity index (χ0) is 17.9. The van der Waals surface area contributed by atoms with E-state index in [1.54, 1.807) is 18.3 Å². The maximum atomic E-state index is 12.1. The third-order valence-corrected chi connectivity index (χ3v) is 3.95. The molecular formula is C14H20N6O4. The lowest BCUT2D eigenvalue weighted by atomic mass is 9.90. The van der Waals surface area contributed by atoms with Crippen LogP contribution in [0.5, 0.6) is 0 Å². The molecule has 1 aliphatic heterocycles. The molecular weight excluding hydrogens is 316 g/mol. The Hall–Kier alpha value is -2.40. The maximum absolute atomic E-state index is 12.1. The van der Waals surface area contributed by atoms with Gasteiger partial charge in [-0.1, -0.05) is 6.07 Å². The van der Waals surface area contributed by atoms with Crippen LogP contribution >= 0.6 is 0 Å². The maximum Gasteiger partial charge on any atom is 0.332 e. The summed E-state index contributed by atoms with van der Waals surface area (Å²) in [7, 11) is 0. The molecule has 3 atom stereocenters. The van der Waals surface area contributed by atoms with Crippen LogP contribution in [0.3, 0.4) is 0 Å². The topological polar surface area (TPSA) is 190 Å². The first-order valence-corrected chi connectivity index (χ1v) is 7.25. The summed E-state index contributed by atoms with van der Waals surface area (Å²) in [4.78, 5) is 32.6. The van der Waals surface area contributed by atoms with Crippen molar-refractivity contribution in [2.75, 3.05) is 6.54 Å². The Morgan fingerprint density at radius 3 is 2.71 bits per heavy atom. The molecule has 1 saturated heterocycles. The van der Waals surface area contributed by atoms with Crippen molar-refractivity contribution in [3.05, 3.63) is 29.6 Å². The van der Waals surface area contributed by atoms with Crippen LogP contribution in [-0.2, 0) is 14.4 Å². The Kier molecular flexibility index (Phi) is 5.24. The molecule has 0 amide bonds. The van der Waals surface area contributed by atoms with Crippen LogP contribution in [0.4, 0.5) is 0 Å². The summed E-state index contributed by atoms with van der Waals surface area (Å²) in [6, 6.07) is 3.15. The van der Waals surface area contributed by atoms with Crippen LogP contribution in [0, 0.1) is 5.41 Å². The van der Waals surface area contributed by atoms with Crippen molar-refractivity contribution in [3.8, 4) is 0 Å². The SMILES string of the molecule is N=C(N)c1ccc(C2C[C@@H](CC(=O)C(N)(CN)C(=O)O)ON2)cn1. The predicted octanol–water partition coefficient (Wildman–Crippen LogP) is -1.60. The minimum absolute atomic E-state index is 0.129. The van der Waals surface area contributed by atoms with Gasteiger partial charge in [-0.25, -0.2) is 4.79 Å². The average molecular weight is 336 g/mol. The molecule has 10 heteroatoms. The normalized spacial score (nSPS) is 22.8. The van der Waals surface area contributed by atoms with Crippen molar-refractivity contribution in [2.45, 2.75) is 30.5 Å². The number of pyridine rings is 1. The number of carbonyl (C=O) groups excluding carboxylic acids is 1. The molecule has 0 spiro atoms. The summed E-state index contributed by atoms with van der Waals surface area (Å²) in [5.41, 5.74) is 18.1. The average Bonchev–Trinajstić information content (AvgIpc) is 3.02. The Labute approximate surface area is 137 Å². The minimum atomic E-state index is -2.11. The zero-order valence-electron chi connectivity index (χ0n) is 12.9. The highest BCUT2D eigenvalue weighted by molar-refractivity contribution is 6.08. The largest absolute Gasteiger partial charge is 0.479 e. The fourth-order valence-electron chi connectivity index (χ4n) is 2.35. The van der Waals surface area contributed by atoms with Crippen molar-refractivity contribution in [1.29, 1.82) is 5.41 Å². The molecule has 10 nitrogen and oxygen atoms in total. The van der Waals surface area contributed by atoms with Gasteiger partial charge < -0.3 is 22.3 Å². The molecule has 2 heterocycles. The number of aliphatic carboxylic acids is 1. The summed E-state index contributed by atoms with van der Waals surface area (Å²) in [6.07, 6.45) is 1.31. The first-order valence-electron chi connectivity index (χ1n) is 7.25. The fourth-order valence-corrected chi connectivity index (χ4v) is 2.35. The monoisotopic (exact) mass is 336 g/mol. The van der Waals surface area contributed by atoms with Crippen LogP contribution < -0.4 is 22.7 Å². The number of ketones is 1. The number of carbonyl (C=O) groups is 2. The van der Waals surface area contributed by atoms with Gasteiger partial charge in [0.25, 0.3) is 0 Å². The third-order valence-electron chi connectivity index (χ3n) is 3.95. The third kappa shape index (κ3) is 3.57. The van der Waals surface area contributed by atoms with Gasteiger partial charge in [-0.2, -0.15) is 5.48 Å². The van der Waals surface area contributed by atoms with Crippen molar-refractivity contribution in [2.24, 2.45) is 17.2 Å². The van der Waals surface area contributed by atoms with E-state index in [1.165, 1.54) is 0 Å². The molecule has 1 aromatic rings. The van der Waals surface area contributed by atoms with Crippen LogP contribution in [-0.4, -0.2) is 45.9 Å². The van der Waals surface area contributed by atoms with E-state index in [-0.39, 0.29) is 18.3 Å². The number of hydrogen-bond donors (Lipinski definition) is 6. The summed E-state index contributed by atoms with van der Waals surface area (Å²) >= 11 is 0. The number of nitrogens with one attached hydrogen (secondary N) is 2. The lowest BCUT2D eigenvalue weighted by molar-refractivity contribution is -0.148. The second-order valence-corrected chi connectivity index (χ2v) is 5.64. The number of nitrogens with two attached hydrogens (primary N) is 3. The van der Waals surface area contributed by atoms with Crippen molar-refractivity contribution >= 4 is 17.6 Å². The van der Waals surface area contributed by atoms with Gasteiger partial charge in [-0.15, -0.1) is 0 Å². The molecule has 1 aliphatic rings. The van der Waals surface area contributed by atoms with E-state index in [4.69, 9.17) is 32.6 Å². The van der Waals surface area contributed by atoms with Gasteiger partial charge in [0, 0.05) is 19.2 Å². The number of carboxylic acid groups (broad SMARTS) is 1. The second-order valence-electron chi connectivity index (χ2n) is 5.64. The van der Waals surface area contributed by atoms with E-state index in [2.05, 4.69) is 10.5 Å². The van der Waals surface area contributed by atoms with E-state index in [0.29, 0.717) is 12.1 Å². The highest BCUT2D eigenvalue weighted by Gasteiger charge is 2.42. The van der Waals surface area contributed by atoms with E-state index in [9.17, 15) is 9.59 Å². The Morgan fingerprint density at radius 1 is 1.50 bits per heavy atom. The Morgan fingerprint density at radius 2 is 2.21 bits per heavy atom.